The average Bonchev–Trinajstić information content (AvgIpc) is 2.60. The number of hydrogen-bond acceptors (Lipinski definition) is 5. The summed E-state index contributed by atoms with van der Waals surface area (Å²) >= 11 is 0. The van der Waals surface area contributed by atoms with Crippen molar-refractivity contribution in [2.45, 2.75) is 12.4 Å². The van der Waals surface area contributed by atoms with E-state index in [-0.39, 0.29) is 19.3 Å². The second-order valence-electron chi connectivity index (χ2n) is 3.50. The molecule has 0 saturated carbocycles. The van der Waals surface area contributed by atoms with Gasteiger partial charge in [0.25, 0.3) is 0 Å². The molecule has 1 amide bonds. The number of nitrogens with two attached hydrogens (primary N) is 1. The van der Waals surface area contributed by atoms with Gasteiger partial charge in [-0.05, 0) is 0 Å². The molecule has 0 aromatic carbocycles. The summed E-state index contributed by atoms with van der Waals surface area (Å²) in [5.74, 6) is 0. The van der Waals surface area contributed by atoms with Crippen LogP contribution in [0.25, 0.3) is 0 Å². The first-order valence-corrected chi connectivity index (χ1v) is 4.89. The van der Waals surface area contributed by atoms with Crippen molar-refractivity contribution in [2.75, 3.05) is 32.8 Å². The normalized spacial score (nSPS) is 33.2. The second kappa shape index (κ2) is 4.30. The third-order valence-electron chi connectivity index (χ3n) is 2.47. The van der Waals surface area contributed by atoms with E-state index in [2.05, 4.69) is 0 Å². The van der Waals surface area contributed by atoms with Crippen molar-refractivity contribution in [1.29, 1.82) is 0 Å². The van der Waals surface area contributed by atoms with E-state index < -0.39 is 12.4 Å². The van der Waals surface area contributed by atoms with Gasteiger partial charge in [-0.1, -0.05) is 0 Å². The lowest BCUT2D eigenvalue weighted by Gasteiger charge is -2.35. The summed E-state index contributed by atoms with van der Waals surface area (Å²) < 4.78 is 23.3. The molecule has 0 spiro atoms. The molecule has 2 N–H and O–H groups in total. The van der Waals surface area contributed by atoms with Crippen LogP contribution in [0.2, 0.25) is 0 Å². The fraction of sp³-hybridized carbons (Fsp3) is 0.875. The van der Waals surface area contributed by atoms with E-state index in [1.54, 1.807) is 0 Å². The van der Waals surface area contributed by atoms with Crippen LogP contribution in [0.1, 0.15) is 0 Å². The standard InChI is InChI=1S/C8H14FN3O3/c9-7-5-14-2-1-11(7)12-4-6(3-10)15-8(12)13/h6-7H,1-5,10H2/t6-,7?/m0/s1. The van der Waals surface area contributed by atoms with Crippen LogP contribution >= 0.6 is 0 Å². The molecule has 0 aliphatic carbocycles. The van der Waals surface area contributed by atoms with Gasteiger partial charge in [-0.3, -0.25) is 0 Å². The highest BCUT2D eigenvalue weighted by Gasteiger charge is 2.38. The Morgan fingerprint density at radius 3 is 3.00 bits per heavy atom. The molecule has 1 unspecified atom stereocenters. The first kappa shape index (κ1) is 10.6. The number of carbonyl (C=O) groups is 1. The van der Waals surface area contributed by atoms with Gasteiger partial charge in [0, 0.05) is 13.1 Å². The number of morpholine rings is 1. The topological polar surface area (TPSA) is 68.0 Å². The Morgan fingerprint density at radius 1 is 1.60 bits per heavy atom. The van der Waals surface area contributed by atoms with Crippen LogP contribution in [0.5, 0.6) is 0 Å². The number of cyclic esters (lactones) is 1. The van der Waals surface area contributed by atoms with Crippen LogP contribution in [-0.2, 0) is 9.47 Å². The minimum absolute atomic E-state index is 0.0168. The van der Waals surface area contributed by atoms with E-state index >= 15 is 0 Å². The second-order valence-corrected chi connectivity index (χ2v) is 3.50. The molecule has 2 fully saturated rings. The van der Waals surface area contributed by atoms with Gasteiger partial charge in [0.2, 0.25) is 0 Å². The lowest BCUT2D eigenvalue weighted by Crippen LogP contribution is -2.53. The summed E-state index contributed by atoms with van der Waals surface area (Å²) in [6.07, 6.45) is -2.16. The number of ether oxygens (including phenoxy) is 2. The number of nitrogens with zero attached hydrogens (tertiary/aromatic N) is 2. The molecule has 2 saturated heterocycles. The monoisotopic (exact) mass is 219 g/mol. The number of halogens is 1. The number of rotatable bonds is 2. The van der Waals surface area contributed by atoms with Crippen LogP contribution in [0.4, 0.5) is 9.18 Å². The first-order chi connectivity index (χ1) is 7.22. The number of hydrogen-bond donors (Lipinski definition) is 1. The lowest BCUT2D eigenvalue weighted by atomic mass is 10.3. The van der Waals surface area contributed by atoms with Gasteiger partial charge in [-0.15, -0.1) is 0 Å². The SMILES string of the molecule is NC[C@H]1CN(N2CCOCC2F)C(=O)O1. The number of alkyl halides is 1. The molecular formula is C8H14FN3O3. The van der Waals surface area contributed by atoms with Gasteiger partial charge in [0.05, 0.1) is 19.8 Å². The van der Waals surface area contributed by atoms with Crippen molar-refractivity contribution < 1.29 is 18.7 Å². The highest BCUT2D eigenvalue weighted by Crippen LogP contribution is 2.18. The summed E-state index contributed by atoms with van der Waals surface area (Å²) in [5, 5.41) is 2.60. The van der Waals surface area contributed by atoms with E-state index in [9.17, 15) is 9.18 Å². The van der Waals surface area contributed by atoms with Crippen LogP contribution in [0.15, 0.2) is 0 Å². The van der Waals surface area contributed by atoms with E-state index in [1.807, 2.05) is 0 Å². The smallest absolute Gasteiger partial charge is 0.425 e. The third kappa shape index (κ3) is 2.04. The van der Waals surface area contributed by atoms with Crippen molar-refractivity contribution in [2.24, 2.45) is 5.73 Å². The third-order valence-corrected chi connectivity index (χ3v) is 2.47. The van der Waals surface area contributed by atoms with Crippen LogP contribution in [-0.4, -0.2) is 61.4 Å². The summed E-state index contributed by atoms with van der Waals surface area (Å²) in [5.41, 5.74) is 5.38. The van der Waals surface area contributed by atoms with Crippen molar-refractivity contribution in [3.8, 4) is 0 Å². The zero-order valence-corrected chi connectivity index (χ0v) is 8.26. The van der Waals surface area contributed by atoms with Gasteiger partial charge in [-0.2, -0.15) is 5.01 Å². The molecular weight excluding hydrogens is 205 g/mol. The summed E-state index contributed by atoms with van der Waals surface area (Å²) in [6.45, 7) is 1.32. The largest absolute Gasteiger partial charge is 0.442 e. The van der Waals surface area contributed by atoms with E-state index in [4.69, 9.17) is 15.2 Å². The fourth-order valence-electron chi connectivity index (χ4n) is 1.68. The Hall–Kier alpha value is -0.920. The Balaban J connectivity index is 2.00. The summed E-state index contributed by atoms with van der Waals surface area (Å²) in [6, 6.07) is 0. The Bertz CT molecular complexity index is 253. The molecule has 0 radical (unpaired) electrons. The van der Waals surface area contributed by atoms with Crippen LogP contribution < -0.4 is 5.73 Å². The molecule has 15 heavy (non-hydrogen) atoms. The average molecular weight is 219 g/mol. The Morgan fingerprint density at radius 2 is 2.40 bits per heavy atom. The molecule has 86 valence electrons. The summed E-state index contributed by atoms with van der Waals surface area (Å²) in [4.78, 5) is 11.4. The van der Waals surface area contributed by atoms with E-state index in [1.165, 1.54) is 10.0 Å². The van der Waals surface area contributed by atoms with Gasteiger partial charge >= 0.3 is 6.09 Å². The predicted molar refractivity (Wildman–Crippen MR) is 48.5 cm³/mol. The van der Waals surface area contributed by atoms with Crippen molar-refractivity contribution in [1.82, 2.24) is 10.0 Å². The molecule has 2 aliphatic heterocycles. The van der Waals surface area contributed by atoms with Crippen molar-refractivity contribution >= 4 is 6.09 Å². The quantitative estimate of drug-likeness (QED) is 0.622. The number of amides is 1. The highest BCUT2D eigenvalue weighted by molar-refractivity contribution is 5.69. The van der Waals surface area contributed by atoms with Crippen molar-refractivity contribution in [3.05, 3.63) is 0 Å². The zero-order valence-electron chi connectivity index (χ0n) is 8.26. The predicted octanol–water partition coefficient (Wildman–Crippen LogP) is -0.691. The maximum absolute atomic E-state index is 13.4. The number of carbonyl (C=O) groups excluding carboxylic acids is 1. The molecule has 2 heterocycles. The highest BCUT2D eigenvalue weighted by atomic mass is 19.1. The Kier molecular flexibility index (Phi) is 3.03. The molecule has 6 nitrogen and oxygen atoms in total. The molecule has 2 rings (SSSR count). The minimum atomic E-state index is -1.29. The van der Waals surface area contributed by atoms with Crippen molar-refractivity contribution in [3.63, 3.8) is 0 Å². The van der Waals surface area contributed by atoms with Crippen LogP contribution in [0, 0.1) is 0 Å². The first-order valence-electron chi connectivity index (χ1n) is 4.89. The molecule has 2 aliphatic rings. The van der Waals surface area contributed by atoms with Gasteiger partial charge in [-0.25, -0.2) is 14.2 Å². The van der Waals surface area contributed by atoms with Gasteiger partial charge in [0.1, 0.15) is 6.10 Å². The molecule has 0 aromatic heterocycles. The van der Waals surface area contributed by atoms with E-state index in [0.29, 0.717) is 19.7 Å². The minimum Gasteiger partial charge on any atom is -0.442 e. The maximum Gasteiger partial charge on any atom is 0.425 e. The van der Waals surface area contributed by atoms with Crippen LogP contribution in [0.3, 0.4) is 0 Å². The molecule has 7 heteroatoms. The van der Waals surface area contributed by atoms with E-state index in [0.717, 1.165) is 0 Å². The van der Waals surface area contributed by atoms with Gasteiger partial charge in [0.15, 0.2) is 6.30 Å². The maximum atomic E-state index is 13.4. The summed E-state index contributed by atoms with van der Waals surface area (Å²) in [7, 11) is 0. The van der Waals surface area contributed by atoms with Gasteiger partial charge < -0.3 is 15.2 Å². The molecule has 2 atom stereocenters. The zero-order chi connectivity index (χ0) is 10.8. The number of hydrazine groups is 1. The lowest BCUT2D eigenvalue weighted by molar-refractivity contribution is -0.143. The molecule has 0 bridgehead atoms. The molecule has 0 aromatic rings. The fourth-order valence-corrected chi connectivity index (χ4v) is 1.68. The Labute approximate surface area is 86.7 Å².